The zero-order valence-corrected chi connectivity index (χ0v) is 12.9. The van der Waals surface area contributed by atoms with Crippen LogP contribution < -0.4 is 10.2 Å². The Morgan fingerprint density at radius 3 is 1.90 bits per heavy atom. The van der Waals surface area contributed by atoms with E-state index in [1.54, 1.807) is 0 Å². The Balaban J connectivity index is 2.17. The molecular formula is C18H24N2. The molecule has 2 aromatic carbocycles. The summed E-state index contributed by atoms with van der Waals surface area (Å²) in [4.78, 5) is 2.22. The van der Waals surface area contributed by atoms with Crippen LogP contribution in [-0.4, -0.2) is 14.1 Å². The molecule has 1 N–H and O–H groups in total. The molecule has 0 heterocycles. The lowest BCUT2D eigenvalue weighted by atomic mass is 10.1. The van der Waals surface area contributed by atoms with Gasteiger partial charge in [-0.25, -0.2) is 0 Å². The number of rotatable bonds is 5. The summed E-state index contributed by atoms with van der Waals surface area (Å²) in [6.45, 7) is 4.35. The van der Waals surface area contributed by atoms with Gasteiger partial charge in [0.1, 0.15) is 0 Å². The van der Waals surface area contributed by atoms with Crippen molar-refractivity contribution in [2.75, 3.05) is 19.0 Å². The predicted octanol–water partition coefficient (Wildman–Crippen LogP) is 4.30. The highest BCUT2D eigenvalue weighted by atomic mass is 15.1. The summed E-state index contributed by atoms with van der Waals surface area (Å²) in [5.74, 6) is 0. The zero-order valence-electron chi connectivity index (χ0n) is 12.9. The molecule has 2 heteroatoms. The second kappa shape index (κ2) is 6.58. The van der Waals surface area contributed by atoms with E-state index in [4.69, 9.17) is 0 Å². The van der Waals surface area contributed by atoms with Gasteiger partial charge in [-0.3, -0.25) is 0 Å². The molecule has 2 rings (SSSR count). The lowest BCUT2D eigenvalue weighted by Gasteiger charge is -2.21. The van der Waals surface area contributed by atoms with E-state index in [0.717, 1.165) is 6.42 Å². The molecule has 0 radical (unpaired) electrons. The van der Waals surface area contributed by atoms with Crippen molar-refractivity contribution < 1.29 is 0 Å². The average molecular weight is 268 g/mol. The number of hydrogen-bond donors (Lipinski definition) is 1. The molecule has 0 amide bonds. The first-order chi connectivity index (χ1) is 9.65. The maximum atomic E-state index is 3.26. The highest BCUT2D eigenvalue weighted by molar-refractivity contribution is 5.62. The number of hydrogen-bond acceptors (Lipinski definition) is 2. The van der Waals surface area contributed by atoms with Crippen molar-refractivity contribution in [2.24, 2.45) is 0 Å². The Hall–Kier alpha value is -1.80. The van der Waals surface area contributed by atoms with E-state index >= 15 is 0 Å². The summed E-state index contributed by atoms with van der Waals surface area (Å²) in [6, 6.07) is 17.9. The molecule has 0 spiro atoms. The van der Waals surface area contributed by atoms with Crippen molar-refractivity contribution in [1.29, 1.82) is 0 Å². The Morgan fingerprint density at radius 1 is 0.950 bits per heavy atom. The van der Waals surface area contributed by atoms with Gasteiger partial charge in [0, 0.05) is 24.5 Å². The number of aryl methyl sites for hydroxylation is 1. The normalized spacial score (nSPS) is 12.2. The Morgan fingerprint density at radius 2 is 1.45 bits per heavy atom. The average Bonchev–Trinajstić information content (AvgIpc) is 2.53. The number of nitrogens with one attached hydrogen (secondary N) is 1. The van der Waals surface area contributed by atoms with Crippen LogP contribution in [0.4, 0.5) is 11.4 Å². The van der Waals surface area contributed by atoms with Crippen molar-refractivity contribution in [3.05, 3.63) is 59.7 Å². The minimum Gasteiger partial charge on any atom is -0.345 e. The van der Waals surface area contributed by atoms with E-state index in [9.17, 15) is 0 Å². The number of anilines is 2. The molecule has 0 fully saturated rings. The van der Waals surface area contributed by atoms with Gasteiger partial charge in [0.05, 0.1) is 0 Å². The van der Waals surface area contributed by atoms with E-state index in [-0.39, 0.29) is 0 Å². The minimum atomic E-state index is 0.387. The summed E-state index contributed by atoms with van der Waals surface area (Å²) >= 11 is 0. The Labute approximate surface area is 122 Å². The van der Waals surface area contributed by atoms with Crippen molar-refractivity contribution in [1.82, 2.24) is 5.32 Å². The van der Waals surface area contributed by atoms with Crippen LogP contribution in [0.3, 0.4) is 0 Å². The number of benzene rings is 2. The third-order valence-corrected chi connectivity index (χ3v) is 3.95. The van der Waals surface area contributed by atoms with Gasteiger partial charge < -0.3 is 10.2 Å². The van der Waals surface area contributed by atoms with Crippen LogP contribution >= 0.6 is 0 Å². The SMILES string of the molecule is CCc1ccc(N(C)c2ccc(C(C)NC)cc2)cc1. The summed E-state index contributed by atoms with van der Waals surface area (Å²) < 4.78 is 0. The lowest BCUT2D eigenvalue weighted by molar-refractivity contribution is 0.652. The van der Waals surface area contributed by atoms with Gasteiger partial charge in [-0.1, -0.05) is 31.2 Å². The quantitative estimate of drug-likeness (QED) is 0.870. The highest BCUT2D eigenvalue weighted by Gasteiger charge is 2.06. The Bertz CT molecular complexity index is 528. The standard InChI is InChI=1S/C18H24N2/c1-5-15-6-10-17(11-7-15)20(4)18-12-8-16(9-13-18)14(2)19-3/h6-14,19H,5H2,1-4H3. The van der Waals surface area contributed by atoms with E-state index in [2.05, 4.69) is 79.6 Å². The van der Waals surface area contributed by atoms with Crippen LogP contribution in [0.15, 0.2) is 48.5 Å². The molecule has 20 heavy (non-hydrogen) atoms. The van der Waals surface area contributed by atoms with Gasteiger partial charge in [0.2, 0.25) is 0 Å². The topological polar surface area (TPSA) is 15.3 Å². The molecule has 0 aromatic heterocycles. The van der Waals surface area contributed by atoms with E-state index in [0.29, 0.717) is 6.04 Å². The molecule has 0 aliphatic carbocycles. The predicted molar refractivity (Wildman–Crippen MR) is 87.8 cm³/mol. The highest BCUT2D eigenvalue weighted by Crippen LogP contribution is 2.25. The van der Waals surface area contributed by atoms with Gasteiger partial charge in [-0.15, -0.1) is 0 Å². The van der Waals surface area contributed by atoms with Crippen LogP contribution in [0, 0.1) is 0 Å². The molecule has 0 saturated heterocycles. The Kier molecular flexibility index (Phi) is 4.80. The van der Waals surface area contributed by atoms with Crippen LogP contribution in [0.25, 0.3) is 0 Å². The maximum absolute atomic E-state index is 3.26. The van der Waals surface area contributed by atoms with Crippen molar-refractivity contribution in [3.8, 4) is 0 Å². The first kappa shape index (κ1) is 14.6. The fourth-order valence-electron chi connectivity index (χ4n) is 2.26. The first-order valence-electron chi connectivity index (χ1n) is 7.25. The summed E-state index contributed by atoms with van der Waals surface area (Å²) in [7, 11) is 4.09. The maximum Gasteiger partial charge on any atom is 0.0408 e. The monoisotopic (exact) mass is 268 g/mol. The van der Waals surface area contributed by atoms with Gasteiger partial charge >= 0.3 is 0 Å². The van der Waals surface area contributed by atoms with Gasteiger partial charge in [-0.05, 0) is 55.8 Å². The molecular weight excluding hydrogens is 244 g/mol. The number of nitrogens with zero attached hydrogens (tertiary/aromatic N) is 1. The second-order valence-electron chi connectivity index (χ2n) is 5.18. The molecule has 106 valence electrons. The molecule has 2 aromatic rings. The summed E-state index contributed by atoms with van der Waals surface area (Å²) in [5.41, 5.74) is 5.12. The van der Waals surface area contributed by atoms with Gasteiger partial charge in [-0.2, -0.15) is 0 Å². The molecule has 1 atom stereocenters. The zero-order chi connectivity index (χ0) is 14.5. The van der Waals surface area contributed by atoms with E-state index in [1.807, 2.05) is 7.05 Å². The van der Waals surface area contributed by atoms with Crippen LogP contribution in [-0.2, 0) is 6.42 Å². The summed E-state index contributed by atoms with van der Waals surface area (Å²) in [5, 5.41) is 3.26. The van der Waals surface area contributed by atoms with Crippen molar-refractivity contribution >= 4 is 11.4 Å². The molecule has 0 bridgehead atoms. The molecule has 0 saturated carbocycles. The third kappa shape index (κ3) is 3.20. The van der Waals surface area contributed by atoms with Gasteiger partial charge in [0.15, 0.2) is 0 Å². The molecule has 0 aliphatic rings. The molecule has 0 aliphatic heterocycles. The fourth-order valence-corrected chi connectivity index (χ4v) is 2.26. The van der Waals surface area contributed by atoms with Crippen molar-refractivity contribution in [2.45, 2.75) is 26.3 Å². The smallest absolute Gasteiger partial charge is 0.0408 e. The van der Waals surface area contributed by atoms with Gasteiger partial charge in [0.25, 0.3) is 0 Å². The van der Waals surface area contributed by atoms with Crippen molar-refractivity contribution in [3.63, 3.8) is 0 Å². The summed E-state index contributed by atoms with van der Waals surface area (Å²) in [6.07, 6.45) is 1.08. The second-order valence-corrected chi connectivity index (χ2v) is 5.18. The van der Waals surface area contributed by atoms with Crippen LogP contribution in [0.2, 0.25) is 0 Å². The van der Waals surface area contributed by atoms with E-state index < -0.39 is 0 Å². The lowest BCUT2D eigenvalue weighted by Crippen LogP contribution is -2.13. The minimum absolute atomic E-state index is 0.387. The largest absolute Gasteiger partial charge is 0.345 e. The van der Waals surface area contributed by atoms with Crippen LogP contribution in [0.1, 0.15) is 31.0 Å². The fraction of sp³-hybridized carbons (Fsp3) is 0.333. The van der Waals surface area contributed by atoms with E-state index in [1.165, 1.54) is 22.5 Å². The molecule has 1 unspecified atom stereocenters. The van der Waals surface area contributed by atoms with Crippen LogP contribution in [0.5, 0.6) is 0 Å². The molecule has 2 nitrogen and oxygen atoms in total. The first-order valence-corrected chi connectivity index (χ1v) is 7.25. The third-order valence-electron chi connectivity index (χ3n) is 3.95.